The van der Waals surface area contributed by atoms with Crippen LogP contribution in [0.1, 0.15) is 37.8 Å². The van der Waals surface area contributed by atoms with Crippen molar-refractivity contribution < 1.29 is 40.6 Å². The van der Waals surface area contributed by atoms with Gasteiger partial charge in [0.15, 0.2) is 0 Å². The van der Waals surface area contributed by atoms with Gasteiger partial charge in [-0.1, -0.05) is 60.7 Å². The van der Waals surface area contributed by atoms with Gasteiger partial charge in [-0.3, -0.25) is 0 Å². The van der Waals surface area contributed by atoms with Gasteiger partial charge in [-0.05, 0) is 31.9 Å². The maximum absolute atomic E-state index is 14.2. The molecule has 164 valence electrons. The van der Waals surface area contributed by atoms with E-state index in [-0.39, 0.29) is 11.1 Å². The minimum atomic E-state index is -6.02. The van der Waals surface area contributed by atoms with Crippen LogP contribution in [0.4, 0.5) is 31.1 Å². The summed E-state index contributed by atoms with van der Waals surface area (Å²) in [7, 11) is 0. The summed E-state index contributed by atoms with van der Waals surface area (Å²) in [4.78, 5) is 12.1. The molecule has 2 aromatic rings. The molecule has 0 heterocycles. The fraction of sp³-hybridized carbons (Fsp3) is 0.381. The van der Waals surface area contributed by atoms with Crippen molar-refractivity contribution in [1.82, 2.24) is 0 Å². The van der Waals surface area contributed by atoms with Gasteiger partial charge in [0.25, 0.3) is 0 Å². The first kappa shape index (κ1) is 23.6. The quantitative estimate of drug-likeness (QED) is 0.400. The zero-order valence-corrected chi connectivity index (χ0v) is 16.3. The number of benzene rings is 2. The van der Waals surface area contributed by atoms with Crippen LogP contribution >= 0.6 is 0 Å². The second-order valence-electron chi connectivity index (χ2n) is 7.55. The first-order chi connectivity index (χ1) is 13.7. The first-order valence-corrected chi connectivity index (χ1v) is 8.84. The van der Waals surface area contributed by atoms with E-state index in [4.69, 9.17) is 0 Å². The molecule has 0 spiro atoms. The maximum Gasteiger partial charge on any atom is 0.510 e. The predicted molar refractivity (Wildman–Crippen MR) is 96.9 cm³/mol. The molecule has 0 fully saturated rings. The zero-order valence-electron chi connectivity index (χ0n) is 16.3. The van der Waals surface area contributed by atoms with E-state index in [0.29, 0.717) is 0 Å². The topological polar surface area (TPSA) is 35.5 Å². The monoisotopic (exact) mass is 434 g/mol. The third-order valence-electron chi connectivity index (χ3n) is 4.15. The third-order valence-corrected chi connectivity index (χ3v) is 4.15. The summed E-state index contributed by atoms with van der Waals surface area (Å²) in [6.45, 7) is 3.88. The number of hydrogen-bond acceptors (Lipinski definition) is 3. The molecule has 0 saturated carbocycles. The Balaban J connectivity index is 2.81. The summed E-state index contributed by atoms with van der Waals surface area (Å²) in [6, 6.07) is 12.6. The Morgan fingerprint density at radius 3 is 1.37 bits per heavy atom. The van der Waals surface area contributed by atoms with Crippen LogP contribution in [0.5, 0.6) is 0 Å². The van der Waals surface area contributed by atoms with Crippen LogP contribution in [0.3, 0.4) is 0 Å². The molecule has 0 aliphatic heterocycles. The molecule has 0 aliphatic rings. The number of alkyl halides is 6. The van der Waals surface area contributed by atoms with Gasteiger partial charge in [0, 0.05) is 0 Å². The van der Waals surface area contributed by atoms with E-state index < -0.39 is 35.6 Å². The van der Waals surface area contributed by atoms with E-state index in [0.717, 1.165) is 24.3 Å². The van der Waals surface area contributed by atoms with Crippen LogP contribution < -0.4 is 0 Å². The molecule has 0 amide bonds. The first-order valence-electron chi connectivity index (χ1n) is 8.84. The van der Waals surface area contributed by atoms with Crippen LogP contribution in [-0.2, 0) is 9.47 Å². The van der Waals surface area contributed by atoms with Gasteiger partial charge < -0.3 is 9.47 Å². The fourth-order valence-electron chi connectivity index (χ4n) is 3.02. The Morgan fingerprint density at radius 1 is 0.700 bits per heavy atom. The largest absolute Gasteiger partial charge is 0.510 e. The van der Waals surface area contributed by atoms with Crippen molar-refractivity contribution in [2.75, 3.05) is 0 Å². The lowest BCUT2D eigenvalue weighted by Crippen LogP contribution is -2.63. The van der Waals surface area contributed by atoms with Crippen molar-refractivity contribution in [2.24, 2.45) is 0 Å². The Labute approximate surface area is 169 Å². The van der Waals surface area contributed by atoms with E-state index in [2.05, 4.69) is 9.47 Å². The van der Waals surface area contributed by atoms with Crippen molar-refractivity contribution in [3.8, 4) is 0 Å². The number of carbonyl (C=O) groups is 1. The molecule has 0 unspecified atom stereocenters. The lowest BCUT2D eigenvalue weighted by atomic mass is 9.76. The van der Waals surface area contributed by atoms with Gasteiger partial charge in [-0.2, -0.15) is 26.3 Å². The van der Waals surface area contributed by atoms with E-state index in [9.17, 15) is 31.1 Å². The Morgan fingerprint density at radius 2 is 1.07 bits per heavy atom. The van der Waals surface area contributed by atoms with Crippen molar-refractivity contribution >= 4 is 6.16 Å². The molecular weight excluding hydrogens is 414 g/mol. The fourth-order valence-corrected chi connectivity index (χ4v) is 3.02. The molecule has 0 aliphatic carbocycles. The van der Waals surface area contributed by atoms with Crippen molar-refractivity contribution in [3.63, 3.8) is 0 Å². The molecule has 9 heteroatoms. The molecule has 2 aromatic carbocycles. The summed E-state index contributed by atoms with van der Waals surface area (Å²) >= 11 is 0. The number of halogens is 6. The molecule has 0 saturated heterocycles. The lowest BCUT2D eigenvalue weighted by Gasteiger charge is -2.42. The molecule has 2 rings (SSSR count). The molecule has 0 atom stereocenters. The third kappa shape index (κ3) is 4.88. The minimum absolute atomic E-state index is 0.332. The normalized spacial score (nSPS) is 13.3. The standard InChI is InChI=1S/C21H20F6O3/c1-18(2,3)29-17(28)30-19(20(22,23)24,21(25,26)27)16(14-10-6-4-7-11-14)15-12-8-5-9-13-15/h4-13,16H,1-3H3. The second-order valence-corrected chi connectivity index (χ2v) is 7.55. The van der Waals surface area contributed by atoms with Gasteiger partial charge in [-0.15, -0.1) is 0 Å². The predicted octanol–water partition coefficient (Wildman–Crippen LogP) is 6.63. The van der Waals surface area contributed by atoms with Crippen LogP contribution in [0.15, 0.2) is 60.7 Å². The van der Waals surface area contributed by atoms with E-state index in [1.54, 1.807) is 0 Å². The van der Waals surface area contributed by atoms with Crippen molar-refractivity contribution in [2.45, 2.75) is 50.2 Å². The summed E-state index contributed by atoms with van der Waals surface area (Å²) in [5.41, 5.74) is -6.91. The Bertz CT molecular complexity index is 786. The highest BCUT2D eigenvalue weighted by Gasteiger charge is 2.78. The molecule has 3 nitrogen and oxygen atoms in total. The van der Waals surface area contributed by atoms with Gasteiger partial charge in [0.05, 0.1) is 5.92 Å². The van der Waals surface area contributed by atoms with Crippen molar-refractivity contribution in [1.29, 1.82) is 0 Å². The molecule has 0 bridgehead atoms. The van der Waals surface area contributed by atoms with Gasteiger partial charge >= 0.3 is 24.1 Å². The number of hydrogen-bond donors (Lipinski definition) is 0. The molecule has 0 N–H and O–H groups in total. The number of rotatable bonds is 4. The van der Waals surface area contributed by atoms with Crippen LogP contribution in [0.25, 0.3) is 0 Å². The van der Waals surface area contributed by atoms with E-state index in [1.165, 1.54) is 57.2 Å². The average molecular weight is 434 g/mol. The smallest absolute Gasteiger partial charge is 0.429 e. The van der Waals surface area contributed by atoms with Gasteiger partial charge in [0.2, 0.25) is 0 Å². The van der Waals surface area contributed by atoms with Crippen LogP contribution in [-0.4, -0.2) is 29.7 Å². The highest BCUT2D eigenvalue weighted by atomic mass is 19.4. The number of carbonyl (C=O) groups excluding carboxylic acids is 1. The van der Waals surface area contributed by atoms with Gasteiger partial charge in [0.1, 0.15) is 5.60 Å². The molecule has 0 radical (unpaired) electrons. The Hall–Kier alpha value is -2.71. The summed E-state index contributed by atoms with van der Waals surface area (Å²) in [6.07, 6.45) is -14.1. The zero-order chi connectivity index (χ0) is 22.8. The molecular formula is C21H20F6O3. The maximum atomic E-state index is 14.2. The van der Waals surface area contributed by atoms with E-state index in [1.807, 2.05) is 0 Å². The highest BCUT2D eigenvalue weighted by molar-refractivity contribution is 5.62. The highest BCUT2D eigenvalue weighted by Crippen LogP contribution is 2.56. The summed E-state index contributed by atoms with van der Waals surface area (Å²) in [5, 5.41) is 0. The summed E-state index contributed by atoms with van der Waals surface area (Å²) < 4.78 is 94.2. The molecule has 0 aromatic heterocycles. The van der Waals surface area contributed by atoms with E-state index >= 15 is 0 Å². The van der Waals surface area contributed by atoms with Gasteiger partial charge in [-0.25, -0.2) is 4.79 Å². The molecule has 30 heavy (non-hydrogen) atoms. The average Bonchev–Trinajstić information content (AvgIpc) is 2.59. The SMILES string of the molecule is CC(C)(C)OC(=O)OC(C(c1ccccc1)c1ccccc1)(C(F)(F)F)C(F)(F)F. The summed E-state index contributed by atoms with van der Waals surface area (Å²) in [5.74, 6) is -2.42. The van der Waals surface area contributed by atoms with Crippen molar-refractivity contribution in [3.05, 3.63) is 71.8 Å². The lowest BCUT2D eigenvalue weighted by molar-refractivity contribution is -0.373. The van der Waals surface area contributed by atoms with Crippen LogP contribution in [0, 0.1) is 0 Å². The van der Waals surface area contributed by atoms with Crippen LogP contribution in [0.2, 0.25) is 0 Å². The number of ether oxygens (including phenoxy) is 2. The minimum Gasteiger partial charge on any atom is -0.429 e. The second kappa shape index (κ2) is 8.20. The Kier molecular flexibility index (Phi) is 6.44.